The Morgan fingerprint density at radius 3 is 2.36 bits per heavy atom. The van der Waals surface area contributed by atoms with E-state index in [9.17, 15) is 14.9 Å². The molecule has 0 saturated carbocycles. The van der Waals surface area contributed by atoms with E-state index in [2.05, 4.69) is 0 Å². The normalized spacial score (nSPS) is 14.8. The minimum atomic E-state index is -0.497. The average Bonchev–Trinajstić information content (AvgIpc) is 2.79. The van der Waals surface area contributed by atoms with E-state index in [0.717, 1.165) is 0 Å². The second-order valence-electron chi connectivity index (χ2n) is 5.68. The molecule has 0 N–H and O–H groups in total. The predicted octanol–water partition coefficient (Wildman–Crippen LogP) is 4.48. The van der Waals surface area contributed by atoms with Crippen LogP contribution in [0.1, 0.15) is 5.56 Å². The molecule has 0 fully saturated rings. The molecule has 0 unspecified atom stereocenters. The number of para-hydroxylation sites is 1. The molecule has 1 aliphatic rings. The van der Waals surface area contributed by atoms with Crippen LogP contribution >= 0.6 is 23.2 Å². The molecule has 1 aliphatic heterocycles. The van der Waals surface area contributed by atoms with Crippen LogP contribution < -0.4 is 4.90 Å². The number of nitrogens with zero attached hydrogens (tertiary/aromatic N) is 3. The molecule has 0 aliphatic carbocycles. The highest BCUT2D eigenvalue weighted by Gasteiger charge is 2.37. The van der Waals surface area contributed by atoms with Gasteiger partial charge in [0.15, 0.2) is 0 Å². The first-order chi connectivity index (χ1) is 11.8. The van der Waals surface area contributed by atoms with Gasteiger partial charge in [0.2, 0.25) is 0 Å². The van der Waals surface area contributed by atoms with Gasteiger partial charge in [-0.1, -0.05) is 29.3 Å². The summed E-state index contributed by atoms with van der Waals surface area (Å²) in [5, 5.41) is 11.7. The Morgan fingerprint density at radius 2 is 1.80 bits per heavy atom. The minimum Gasteiger partial charge on any atom is -0.383 e. The minimum absolute atomic E-state index is 0.0942. The van der Waals surface area contributed by atoms with Crippen molar-refractivity contribution in [1.82, 2.24) is 4.90 Å². The van der Waals surface area contributed by atoms with Crippen LogP contribution in [0.2, 0.25) is 10.0 Å². The highest BCUT2D eigenvalue weighted by molar-refractivity contribution is 6.43. The highest BCUT2D eigenvalue weighted by atomic mass is 35.5. The number of hydrogen-bond donors (Lipinski definition) is 0. The Balaban J connectivity index is 2.28. The number of fused-ring (bicyclic) bond motifs is 1. The second kappa shape index (κ2) is 6.38. The molecule has 8 heteroatoms. The topological polar surface area (TPSA) is 66.7 Å². The largest absolute Gasteiger partial charge is 0.383 e. The van der Waals surface area contributed by atoms with Crippen molar-refractivity contribution in [1.29, 1.82) is 0 Å². The van der Waals surface area contributed by atoms with Gasteiger partial charge in [-0.3, -0.25) is 19.8 Å². The molecule has 2 aromatic carbocycles. The molecule has 2 aromatic rings. The van der Waals surface area contributed by atoms with Gasteiger partial charge in [-0.2, -0.15) is 0 Å². The van der Waals surface area contributed by atoms with Crippen molar-refractivity contribution in [2.24, 2.45) is 0 Å². The summed E-state index contributed by atoms with van der Waals surface area (Å²) in [6, 6.07) is 9.21. The van der Waals surface area contributed by atoms with Crippen LogP contribution in [0.3, 0.4) is 0 Å². The van der Waals surface area contributed by atoms with Gasteiger partial charge in [-0.05, 0) is 18.2 Å². The van der Waals surface area contributed by atoms with Crippen LogP contribution in [0.15, 0.2) is 42.6 Å². The predicted molar refractivity (Wildman–Crippen MR) is 98.4 cm³/mol. The lowest BCUT2D eigenvalue weighted by Gasteiger charge is -2.20. The van der Waals surface area contributed by atoms with E-state index in [1.165, 1.54) is 23.1 Å². The molecule has 1 heterocycles. The number of carbonyl (C=O) groups excluding carboxylic acids is 1. The van der Waals surface area contributed by atoms with Crippen molar-refractivity contribution in [3.63, 3.8) is 0 Å². The van der Waals surface area contributed by atoms with E-state index in [0.29, 0.717) is 32.6 Å². The van der Waals surface area contributed by atoms with Crippen molar-refractivity contribution >= 4 is 51.7 Å². The van der Waals surface area contributed by atoms with Crippen LogP contribution in [-0.4, -0.2) is 29.8 Å². The summed E-state index contributed by atoms with van der Waals surface area (Å²) in [5.74, 6) is -0.348. The van der Waals surface area contributed by atoms with Crippen LogP contribution in [0, 0.1) is 10.1 Å². The number of halogens is 2. The standard InChI is InChI=1S/C17H13Cl2N3O3/c1-20(2)9-12-11-8-10(22(24)25)6-7-15(11)21(17(12)23)16-13(18)4-3-5-14(16)19/h3-9H,1-2H3/b12-9-. The van der Waals surface area contributed by atoms with Crippen molar-refractivity contribution in [3.05, 3.63) is 68.3 Å². The number of benzene rings is 2. The van der Waals surface area contributed by atoms with Gasteiger partial charge in [-0.25, -0.2) is 0 Å². The third kappa shape index (κ3) is 2.94. The van der Waals surface area contributed by atoms with Gasteiger partial charge in [0.1, 0.15) is 0 Å². The first-order valence-corrected chi connectivity index (χ1v) is 8.02. The number of hydrogen-bond acceptors (Lipinski definition) is 4. The SMILES string of the molecule is CN(C)/C=C1\C(=O)N(c2c(Cl)cccc2Cl)c2ccc([N+](=O)[O-])cc21. The molecule has 0 bridgehead atoms. The molecule has 0 saturated heterocycles. The highest BCUT2D eigenvalue weighted by Crippen LogP contribution is 2.47. The van der Waals surface area contributed by atoms with E-state index in [1.807, 2.05) is 0 Å². The Kier molecular flexibility index (Phi) is 4.41. The van der Waals surface area contributed by atoms with Gasteiger partial charge >= 0.3 is 0 Å². The smallest absolute Gasteiger partial charge is 0.270 e. The molecular weight excluding hydrogens is 365 g/mol. The molecule has 6 nitrogen and oxygen atoms in total. The van der Waals surface area contributed by atoms with E-state index < -0.39 is 4.92 Å². The molecule has 0 spiro atoms. The van der Waals surface area contributed by atoms with E-state index in [4.69, 9.17) is 23.2 Å². The summed E-state index contributed by atoms with van der Waals surface area (Å²) in [6.07, 6.45) is 1.62. The number of anilines is 2. The quantitative estimate of drug-likeness (QED) is 0.449. The fourth-order valence-electron chi connectivity index (χ4n) is 2.70. The van der Waals surface area contributed by atoms with Crippen LogP contribution in [-0.2, 0) is 4.79 Å². The fraction of sp³-hybridized carbons (Fsp3) is 0.118. The number of non-ortho nitro benzene ring substituents is 1. The zero-order valence-electron chi connectivity index (χ0n) is 13.4. The summed E-state index contributed by atoms with van der Waals surface area (Å²) < 4.78 is 0. The number of amides is 1. The van der Waals surface area contributed by atoms with E-state index in [-0.39, 0.29) is 11.6 Å². The number of nitro groups is 1. The van der Waals surface area contributed by atoms with Crippen molar-refractivity contribution in [3.8, 4) is 0 Å². The lowest BCUT2D eigenvalue weighted by Crippen LogP contribution is -2.22. The Bertz CT molecular complexity index is 905. The van der Waals surface area contributed by atoms with Gasteiger partial charge in [-0.15, -0.1) is 0 Å². The summed E-state index contributed by atoms with van der Waals surface area (Å²) in [4.78, 5) is 26.7. The summed E-state index contributed by atoms with van der Waals surface area (Å²) in [5.41, 5.74) is 1.55. The number of carbonyl (C=O) groups is 1. The zero-order valence-corrected chi connectivity index (χ0v) is 14.9. The van der Waals surface area contributed by atoms with Crippen molar-refractivity contribution < 1.29 is 9.72 Å². The molecule has 0 aromatic heterocycles. The average molecular weight is 378 g/mol. The van der Waals surface area contributed by atoms with Crippen LogP contribution in [0.5, 0.6) is 0 Å². The molecular formula is C17H13Cl2N3O3. The van der Waals surface area contributed by atoms with Gasteiger partial charge in [0, 0.05) is 38.0 Å². The summed E-state index contributed by atoms with van der Waals surface area (Å²) in [7, 11) is 3.53. The Hall–Kier alpha value is -2.57. The van der Waals surface area contributed by atoms with Gasteiger partial charge in [0.25, 0.3) is 11.6 Å². The zero-order chi connectivity index (χ0) is 18.3. The maximum Gasteiger partial charge on any atom is 0.270 e. The molecule has 3 rings (SSSR count). The first-order valence-electron chi connectivity index (χ1n) is 7.27. The van der Waals surface area contributed by atoms with Gasteiger partial charge in [0.05, 0.1) is 31.9 Å². The van der Waals surface area contributed by atoms with E-state index in [1.54, 1.807) is 43.4 Å². The summed E-state index contributed by atoms with van der Waals surface area (Å²) in [6.45, 7) is 0. The van der Waals surface area contributed by atoms with Crippen LogP contribution in [0.4, 0.5) is 17.1 Å². The maximum atomic E-state index is 13.0. The molecule has 0 atom stereocenters. The van der Waals surface area contributed by atoms with Gasteiger partial charge < -0.3 is 4.90 Å². The lowest BCUT2D eigenvalue weighted by atomic mass is 10.1. The van der Waals surface area contributed by atoms with E-state index >= 15 is 0 Å². The van der Waals surface area contributed by atoms with Crippen LogP contribution in [0.25, 0.3) is 5.57 Å². The van der Waals surface area contributed by atoms with Crippen molar-refractivity contribution in [2.45, 2.75) is 0 Å². The molecule has 25 heavy (non-hydrogen) atoms. The Morgan fingerprint density at radius 1 is 1.16 bits per heavy atom. The number of rotatable bonds is 3. The Labute approximate surface area is 154 Å². The first kappa shape index (κ1) is 17.3. The molecule has 128 valence electrons. The third-order valence-corrected chi connectivity index (χ3v) is 4.31. The van der Waals surface area contributed by atoms with Crippen molar-refractivity contribution in [2.75, 3.05) is 19.0 Å². The number of nitro benzene ring substituents is 1. The maximum absolute atomic E-state index is 13.0. The molecule has 0 radical (unpaired) electrons. The summed E-state index contributed by atoms with van der Waals surface area (Å²) >= 11 is 12.5. The lowest BCUT2D eigenvalue weighted by molar-refractivity contribution is -0.384. The third-order valence-electron chi connectivity index (χ3n) is 3.70. The second-order valence-corrected chi connectivity index (χ2v) is 6.49. The molecule has 1 amide bonds. The monoisotopic (exact) mass is 377 g/mol. The fourth-order valence-corrected chi connectivity index (χ4v) is 3.27.